The summed E-state index contributed by atoms with van der Waals surface area (Å²) >= 11 is 0. The van der Waals surface area contributed by atoms with E-state index in [2.05, 4.69) is 9.97 Å². The molecule has 0 saturated carbocycles. The van der Waals surface area contributed by atoms with Gasteiger partial charge in [-0.3, -0.25) is 14.9 Å². The number of nitrogens with zero attached hydrogens (tertiary/aromatic N) is 3. The molecule has 1 heterocycles. The molecule has 2 N–H and O–H groups in total. The van der Waals surface area contributed by atoms with Crippen molar-refractivity contribution in [2.75, 3.05) is 0 Å². The first kappa shape index (κ1) is 10.0. The average Bonchev–Trinajstić information content (AvgIpc) is 2.01. The molecule has 7 heteroatoms. The maximum Gasteiger partial charge on any atom is 0.311 e. The van der Waals surface area contributed by atoms with Crippen LogP contribution in [0.5, 0.6) is 0 Å². The minimum Gasteiger partial charge on any atom is -0.363 e. The van der Waals surface area contributed by atoms with E-state index in [4.69, 9.17) is 5.73 Å². The van der Waals surface area contributed by atoms with Gasteiger partial charge in [0.1, 0.15) is 11.4 Å². The van der Waals surface area contributed by atoms with Gasteiger partial charge in [-0.15, -0.1) is 0 Å². The van der Waals surface area contributed by atoms with Gasteiger partial charge in [0.05, 0.1) is 4.92 Å². The van der Waals surface area contributed by atoms with E-state index < -0.39 is 10.8 Å². The zero-order valence-corrected chi connectivity index (χ0v) is 7.64. The number of hydrogen-bond acceptors (Lipinski definition) is 5. The SMILES string of the molecule is Cc1nc(C(N)=O)nc(C)c1[N+](=O)[O-]. The van der Waals surface area contributed by atoms with E-state index in [0.717, 1.165) is 0 Å². The third-order valence-electron chi connectivity index (χ3n) is 1.64. The molecule has 14 heavy (non-hydrogen) atoms. The molecule has 1 aromatic heterocycles. The molecule has 0 aromatic carbocycles. The van der Waals surface area contributed by atoms with E-state index >= 15 is 0 Å². The summed E-state index contributed by atoms with van der Waals surface area (Å²) in [5, 5.41) is 10.5. The number of carbonyl (C=O) groups is 1. The van der Waals surface area contributed by atoms with E-state index in [0.29, 0.717) is 0 Å². The molecule has 0 spiro atoms. The third kappa shape index (κ3) is 1.65. The Hall–Kier alpha value is -2.05. The fourth-order valence-electron chi connectivity index (χ4n) is 1.08. The molecule has 7 nitrogen and oxygen atoms in total. The largest absolute Gasteiger partial charge is 0.363 e. The number of primary amides is 1. The molecular formula is C7H8N4O3. The minimum absolute atomic E-state index is 0.135. The topological polar surface area (TPSA) is 112 Å². The Bertz CT molecular complexity index is 392. The van der Waals surface area contributed by atoms with Crippen molar-refractivity contribution < 1.29 is 9.72 Å². The molecule has 1 amide bonds. The quantitative estimate of drug-likeness (QED) is 0.532. The lowest BCUT2D eigenvalue weighted by molar-refractivity contribution is -0.386. The summed E-state index contributed by atoms with van der Waals surface area (Å²) in [6.07, 6.45) is 0. The predicted molar refractivity (Wildman–Crippen MR) is 46.7 cm³/mol. The Balaban J connectivity index is 3.39. The van der Waals surface area contributed by atoms with E-state index in [1.807, 2.05) is 0 Å². The summed E-state index contributed by atoms with van der Waals surface area (Å²) < 4.78 is 0. The smallest absolute Gasteiger partial charge is 0.311 e. The van der Waals surface area contributed by atoms with E-state index in [1.54, 1.807) is 0 Å². The Morgan fingerprint density at radius 3 is 2.07 bits per heavy atom. The zero-order chi connectivity index (χ0) is 10.9. The summed E-state index contributed by atoms with van der Waals surface area (Å²) in [6.45, 7) is 2.86. The number of rotatable bonds is 2. The number of nitrogens with two attached hydrogens (primary N) is 1. The summed E-state index contributed by atoms with van der Waals surface area (Å²) in [7, 11) is 0. The fraction of sp³-hybridized carbons (Fsp3) is 0.286. The molecule has 1 aromatic rings. The maximum atomic E-state index is 10.7. The van der Waals surface area contributed by atoms with Crippen LogP contribution in [0.3, 0.4) is 0 Å². The van der Waals surface area contributed by atoms with Crippen LogP contribution in [0.4, 0.5) is 5.69 Å². The van der Waals surface area contributed by atoms with Crippen LogP contribution in [-0.2, 0) is 0 Å². The first-order valence-corrected chi connectivity index (χ1v) is 3.73. The van der Waals surface area contributed by atoms with Gasteiger partial charge in [-0.25, -0.2) is 9.97 Å². The lowest BCUT2D eigenvalue weighted by Crippen LogP contribution is -2.17. The normalized spacial score (nSPS) is 9.86. The van der Waals surface area contributed by atoms with Gasteiger partial charge in [0.25, 0.3) is 5.91 Å². The van der Waals surface area contributed by atoms with Crippen LogP contribution in [0, 0.1) is 24.0 Å². The highest BCUT2D eigenvalue weighted by Gasteiger charge is 2.19. The fourth-order valence-corrected chi connectivity index (χ4v) is 1.08. The van der Waals surface area contributed by atoms with Gasteiger partial charge in [-0.2, -0.15) is 0 Å². The predicted octanol–water partition coefficient (Wildman–Crippen LogP) is 0.101. The van der Waals surface area contributed by atoms with Gasteiger partial charge in [-0.05, 0) is 13.8 Å². The monoisotopic (exact) mass is 196 g/mol. The summed E-state index contributed by atoms with van der Waals surface area (Å²) in [5.74, 6) is -1.00. The highest BCUT2D eigenvalue weighted by molar-refractivity contribution is 5.89. The van der Waals surface area contributed by atoms with E-state index in [1.165, 1.54) is 13.8 Å². The van der Waals surface area contributed by atoms with Crippen LogP contribution in [0.15, 0.2) is 0 Å². The van der Waals surface area contributed by atoms with Crippen molar-refractivity contribution in [2.45, 2.75) is 13.8 Å². The van der Waals surface area contributed by atoms with Crippen LogP contribution in [0.1, 0.15) is 22.0 Å². The number of aromatic nitrogens is 2. The third-order valence-corrected chi connectivity index (χ3v) is 1.64. The maximum absolute atomic E-state index is 10.7. The molecular weight excluding hydrogens is 188 g/mol. The number of hydrogen-bond donors (Lipinski definition) is 1. The first-order valence-electron chi connectivity index (χ1n) is 3.73. The Labute approximate surface area is 79.1 Å². The van der Waals surface area contributed by atoms with Crippen LogP contribution in [-0.4, -0.2) is 20.8 Å². The van der Waals surface area contributed by atoms with Gasteiger partial charge in [-0.1, -0.05) is 0 Å². The van der Waals surface area contributed by atoms with Crippen molar-refractivity contribution in [3.8, 4) is 0 Å². The van der Waals surface area contributed by atoms with Crippen LogP contribution in [0.25, 0.3) is 0 Å². The molecule has 0 aliphatic heterocycles. The summed E-state index contributed by atoms with van der Waals surface area (Å²) in [5.41, 5.74) is 5.03. The van der Waals surface area contributed by atoms with Crippen molar-refractivity contribution >= 4 is 11.6 Å². The van der Waals surface area contributed by atoms with Crippen LogP contribution in [0.2, 0.25) is 0 Å². The highest BCUT2D eigenvalue weighted by Crippen LogP contribution is 2.18. The van der Waals surface area contributed by atoms with Crippen molar-refractivity contribution in [1.82, 2.24) is 9.97 Å². The standard InChI is InChI=1S/C7H8N4O3/c1-3-5(11(13)14)4(2)10-7(9-3)6(8)12/h1-2H3,(H2,8,12). The van der Waals surface area contributed by atoms with Gasteiger partial charge >= 0.3 is 5.69 Å². The van der Waals surface area contributed by atoms with Gasteiger partial charge in [0.15, 0.2) is 0 Å². The number of aryl methyl sites for hydroxylation is 2. The number of amides is 1. The van der Waals surface area contributed by atoms with Gasteiger partial charge in [0, 0.05) is 0 Å². The highest BCUT2D eigenvalue weighted by atomic mass is 16.6. The molecule has 74 valence electrons. The molecule has 1 rings (SSSR count). The minimum atomic E-state index is -0.800. The molecule has 0 radical (unpaired) electrons. The zero-order valence-electron chi connectivity index (χ0n) is 7.64. The molecule has 0 unspecified atom stereocenters. The van der Waals surface area contributed by atoms with E-state index in [9.17, 15) is 14.9 Å². The molecule has 0 bridgehead atoms. The molecule has 0 fully saturated rings. The molecule has 0 atom stereocenters. The van der Waals surface area contributed by atoms with Crippen molar-refractivity contribution in [3.05, 3.63) is 27.3 Å². The Morgan fingerprint density at radius 2 is 1.79 bits per heavy atom. The molecule has 0 aliphatic rings. The van der Waals surface area contributed by atoms with Crippen LogP contribution >= 0.6 is 0 Å². The summed E-state index contributed by atoms with van der Waals surface area (Å²) in [4.78, 5) is 27.9. The lowest BCUT2D eigenvalue weighted by atomic mass is 10.3. The first-order chi connectivity index (χ1) is 6.43. The second-order valence-corrected chi connectivity index (χ2v) is 2.69. The van der Waals surface area contributed by atoms with E-state index in [-0.39, 0.29) is 22.9 Å². The molecule has 0 saturated heterocycles. The molecule has 0 aliphatic carbocycles. The second-order valence-electron chi connectivity index (χ2n) is 2.69. The second kappa shape index (κ2) is 3.36. The van der Waals surface area contributed by atoms with Gasteiger partial charge < -0.3 is 5.73 Å². The number of carbonyl (C=O) groups excluding carboxylic acids is 1. The lowest BCUT2D eigenvalue weighted by Gasteiger charge is -2.01. The van der Waals surface area contributed by atoms with Crippen molar-refractivity contribution in [1.29, 1.82) is 0 Å². The van der Waals surface area contributed by atoms with Crippen LogP contribution < -0.4 is 5.73 Å². The van der Waals surface area contributed by atoms with Crippen molar-refractivity contribution in [3.63, 3.8) is 0 Å². The Kier molecular flexibility index (Phi) is 2.41. The average molecular weight is 196 g/mol. The number of nitro groups is 1. The van der Waals surface area contributed by atoms with Crippen molar-refractivity contribution in [2.24, 2.45) is 5.73 Å². The van der Waals surface area contributed by atoms with Gasteiger partial charge in [0.2, 0.25) is 5.82 Å². The summed E-state index contributed by atoms with van der Waals surface area (Å²) in [6, 6.07) is 0. The Morgan fingerprint density at radius 1 is 1.36 bits per heavy atom.